The summed E-state index contributed by atoms with van der Waals surface area (Å²) >= 11 is 0. The second-order valence-corrected chi connectivity index (χ2v) is 13.4. The van der Waals surface area contributed by atoms with E-state index in [9.17, 15) is 33.9 Å². The van der Waals surface area contributed by atoms with Crippen LogP contribution in [0.15, 0.2) is 12.5 Å². The predicted octanol–water partition coefficient (Wildman–Crippen LogP) is 0.159. The van der Waals surface area contributed by atoms with Gasteiger partial charge in [-0.15, -0.1) is 0 Å². The molecule has 0 bridgehead atoms. The molecule has 1 aromatic rings. The number of aliphatic carboxylic acids is 1. The lowest BCUT2D eigenvalue weighted by Gasteiger charge is -2.34. The Morgan fingerprint density at radius 3 is 2.02 bits per heavy atom. The molecule has 47 heavy (non-hydrogen) atoms. The van der Waals surface area contributed by atoms with Crippen molar-refractivity contribution in [3.8, 4) is 0 Å². The lowest BCUT2D eigenvalue weighted by molar-refractivity contribution is -0.150. The van der Waals surface area contributed by atoms with E-state index in [1.165, 1.54) is 16.1 Å². The van der Waals surface area contributed by atoms with Crippen molar-refractivity contribution in [2.45, 2.75) is 116 Å². The molecule has 2 fully saturated rings. The smallest absolute Gasteiger partial charge is 0.326 e. The Morgan fingerprint density at radius 2 is 1.49 bits per heavy atom. The van der Waals surface area contributed by atoms with Gasteiger partial charge < -0.3 is 41.6 Å². The first-order valence-electron chi connectivity index (χ1n) is 16.6. The zero-order valence-corrected chi connectivity index (χ0v) is 28.3. The molecule has 15 nitrogen and oxygen atoms in total. The summed E-state index contributed by atoms with van der Waals surface area (Å²) in [6.07, 6.45) is 5.46. The van der Waals surface area contributed by atoms with Crippen LogP contribution in [0.25, 0.3) is 0 Å². The maximum atomic E-state index is 14.1. The Labute approximate surface area is 276 Å². The summed E-state index contributed by atoms with van der Waals surface area (Å²) in [6, 6.07) is -5.67. The van der Waals surface area contributed by atoms with Gasteiger partial charge in [0.15, 0.2) is 0 Å². The maximum Gasteiger partial charge on any atom is 0.326 e. The highest BCUT2D eigenvalue weighted by Gasteiger charge is 2.43. The van der Waals surface area contributed by atoms with Crippen molar-refractivity contribution >= 4 is 35.5 Å². The topological polar surface area (TPSA) is 220 Å². The number of rotatable bonds is 15. The van der Waals surface area contributed by atoms with Crippen molar-refractivity contribution in [2.24, 2.45) is 23.5 Å². The van der Waals surface area contributed by atoms with Crippen molar-refractivity contribution in [3.63, 3.8) is 0 Å². The van der Waals surface area contributed by atoms with E-state index in [2.05, 4.69) is 25.9 Å². The number of nitrogens with zero attached hydrogens (tertiary/aromatic N) is 3. The Kier molecular flexibility index (Phi) is 13.3. The highest BCUT2D eigenvalue weighted by molar-refractivity contribution is 5.97. The van der Waals surface area contributed by atoms with Crippen LogP contribution in [0.4, 0.5) is 0 Å². The van der Waals surface area contributed by atoms with Crippen LogP contribution in [0.5, 0.6) is 0 Å². The molecule has 2 aliphatic rings. The van der Waals surface area contributed by atoms with Gasteiger partial charge in [-0.05, 0) is 43.4 Å². The normalized spacial score (nSPS) is 21.2. The minimum Gasteiger partial charge on any atom is -0.480 e. The van der Waals surface area contributed by atoms with Crippen LogP contribution in [0, 0.1) is 17.8 Å². The lowest BCUT2D eigenvalue weighted by atomic mass is 9.96. The molecule has 0 radical (unpaired) electrons. The second kappa shape index (κ2) is 16.7. The van der Waals surface area contributed by atoms with Gasteiger partial charge in [0.25, 0.3) is 0 Å². The zero-order valence-electron chi connectivity index (χ0n) is 28.3. The van der Waals surface area contributed by atoms with Gasteiger partial charge in [0.1, 0.15) is 30.2 Å². The fraction of sp³-hybridized carbons (Fsp3) is 0.719. The number of H-pyrrole nitrogens is 1. The molecule has 0 aliphatic carbocycles. The SMILES string of the molecule is CC[C@H](C)[C@H](NC(=O)[C@H](Cc1cnc[nH]1)NC(=O)[C@@H](N)C(C)C)C(=O)N1CCC[C@H]1C(=O)N[C@H](C(=O)N1CCC[C@H]1C(=O)O)C(C)C. The van der Waals surface area contributed by atoms with Crippen LogP contribution in [0.1, 0.15) is 79.3 Å². The summed E-state index contributed by atoms with van der Waals surface area (Å²) in [7, 11) is 0. The number of carboxylic acids is 1. The Hall–Kier alpha value is -4.01. The van der Waals surface area contributed by atoms with E-state index in [0.717, 1.165) is 0 Å². The van der Waals surface area contributed by atoms with Crippen molar-refractivity contribution in [1.29, 1.82) is 0 Å². The quantitative estimate of drug-likeness (QED) is 0.151. The molecule has 3 rings (SSSR count). The van der Waals surface area contributed by atoms with Crippen LogP contribution in [0.2, 0.25) is 0 Å². The van der Waals surface area contributed by atoms with E-state index >= 15 is 0 Å². The molecule has 0 spiro atoms. The fourth-order valence-corrected chi connectivity index (χ4v) is 6.04. The van der Waals surface area contributed by atoms with E-state index in [1.807, 2.05) is 13.8 Å². The van der Waals surface area contributed by atoms with Gasteiger partial charge in [-0.2, -0.15) is 0 Å². The molecule has 0 unspecified atom stereocenters. The van der Waals surface area contributed by atoms with Gasteiger partial charge in [0, 0.05) is 31.4 Å². The average molecular weight is 661 g/mol. The number of hydrogen-bond donors (Lipinski definition) is 6. The highest BCUT2D eigenvalue weighted by atomic mass is 16.4. The van der Waals surface area contributed by atoms with Crippen molar-refractivity contribution in [1.82, 2.24) is 35.7 Å². The number of carbonyl (C=O) groups is 6. The first-order chi connectivity index (χ1) is 22.2. The summed E-state index contributed by atoms with van der Waals surface area (Å²) in [5.74, 6) is -4.37. The molecule has 7 N–H and O–H groups in total. The van der Waals surface area contributed by atoms with Gasteiger partial charge in [0.05, 0.1) is 12.4 Å². The number of aromatic nitrogens is 2. The van der Waals surface area contributed by atoms with Crippen molar-refractivity contribution in [2.75, 3.05) is 13.1 Å². The minimum atomic E-state index is -1.08. The van der Waals surface area contributed by atoms with Crippen LogP contribution >= 0.6 is 0 Å². The summed E-state index contributed by atoms with van der Waals surface area (Å²) in [4.78, 5) is 89.2. The first kappa shape index (κ1) is 37.4. The van der Waals surface area contributed by atoms with Gasteiger partial charge in [-0.1, -0.05) is 48.0 Å². The standard InChI is InChI=1S/C32H52N8O7/c1-7-19(6)26(38-27(41)21(14-20-15-34-16-35-20)36-29(43)24(33)17(2)3)31(45)39-12-8-10-22(39)28(42)37-25(18(4)5)30(44)40-13-9-11-23(40)32(46)47/h15-19,21-26H,7-14,33H2,1-6H3,(H,34,35)(H,36,43)(H,37,42)(H,38,41)(H,46,47)/t19-,21-,22-,23-,24-,25-,26-/m0/s1. The average Bonchev–Trinajstić information content (AvgIpc) is 3.82. The number of likely N-dealkylation sites (tertiary alicyclic amines) is 2. The van der Waals surface area contributed by atoms with Gasteiger partial charge >= 0.3 is 5.97 Å². The number of carboxylic acid groups (broad SMARTS) is 1. The summed E-state index contributed by atoms with van der Waals surface area (Å²) in [5, 5.41) is 18.0. The largest absolute Gasteiger partial charge is 0.480 e. The van der Waals surface area contributed by atoms with E-state index in [-0.39, 0.29) is 30.7 Å². The number of nitrogens with two attached hydrogens (primary N) is 1. The van der Waals surface area contributed by atoms with Crippen molar-refractivity contribution in [3.05, 3.63) is 18.2 Å². The third-order valence-electron chi connectivity index (χ3n) is 9.30. The third-order valence-corrected chi connectivity index (χ3v) is 9.30. The fourth-order valence-electron chi connectivity index (χ4n) is 6.04. The number of hydrogen-bond acceptors (Lipinski definition) is 8. The van der Waals surface area contributed by atoms with Gasteiger partial charge in [0.2, 0.25) is 29.5 Å². The zero-order chi connectivity index (χ0) is 35.0. The van der Waals surface area contributed by atoms with Crippen LogP contribution in [-0.4, -0.2) is 110 Å². The second-order valence-electron chi connectivity index (χ2n) is 13.4. The molecular weight excluding hydrogens is 608 g/mol. The van der Waals surface area contributed by atoms with Crippen LogP contribution in [-0.2, 0) is 35.2 Å². The van der Waals surface area contributed by atoms with Crippen LogP contribution in [0.3, 0.4) is 0 Å². The molecule has 3 heterocycles. The molecule has 2 saturated heterocycles. The molecule has 262 valence electrons. The summed E-state index contributed by atoms with van der Waals surface area (Å²) in [6.45, 7) is 11.4. The molecule has 2 aliphatic heterocycles. The monoisotopic (exact) mass is 660 g/mol. The molecule has 5 amide bonds. The number of carbonyl (C=O) groups excluding carboxylic acids is 5. The Morgan fingerprint density at radius 1 is 0.894 bits per heavy atom. The predicted molar refractivity (Wildman–Crippen MR) is 172 cm³/mol. The van der Waals surface area contributed by atoms with E-state index < -0.39 is 71.8 Å². The number of aromatic amines is 1. The molecular formula is C32H52N8O7. The van der Waals surface area contributed by atoms with Gasteiger partial charge in [-0.25, -0.2) is 9.78 Å². The molecule has 1 aromatic heterocycles. The van der Waals surface area contributed by atoms with Crippen LogP contribution < -0.4 is 21.7 Å². The van der Waals surface area contributed by atoms with E-state index in [0.29, 0.717) is 44.3 Å². The van der Waals surface area contributed by atoms with E-state index in [1.54, 1.807) is 33.9 Å². The lowest BCUT2D eigenvalue weighted by Crippen LogP contribution is -2.61. The number of imidazole rings is 1. The first-order valence-corrected chi connectivity index (χ1v) is 16.6. The van der Waals surface area contributed by atoms with Gasteiger partial charge in [-0.3, -0.25) is 24.0 Å². The summed E-state index contributed by atoms with van der Waals surface area (Å²) < 4.78 is 0. The highest BCUT2D eigenvalue weighted by Crippen LogP contribution is 2.24. The van der Waals surface area contributed by atoms with Crippen molar-refractivity contribution < 1.29 is 33.9 Å². The Balaban J connectivity index is 1.79. The maximum absolute atomic E-state index is 14.1. The Bertz CT molecular complexity index is 1270. The van der Waals surface area contributed by atoms with E-state index in [4.69, 9.17) is 5.73 Å². The molecule has 0 aromatic carbocycles. The summed E-state index contributed by atoms with van der Waals surface area (Å²) in [5.41, 5.74) is 6.64. The molecule has 0 saturated carbocycles. The number of amides is 5. The molecule has 15 heteroatoms. The number of nitrogens with one attached hydrogen (secondary N) is 4. The third kappa shape index (κ3) is 9.30. The molecule has 7 atom stereocenters. The minimum absolute atomic E-state index is 0.0862.